The Hall–Kier alpha value is 1.18. The van der Waals surface area contributed by atoms with Crippen molar-refractivity contribution in [2.45, 2.75) is 0 Å². The molecule has 72 valence electrons. The number of rotatable bonds is 0. The topological polar surface area (TPSA) is 57.5 Å². The molecular formula is H7F6NaO3Zr. The van der Waals surface area contributed by atoms with Crippen LogP contribution in [0, 0.1) is 0 Å². The van der Waals surface area contributed by atoms with E-state index in [1.165, 1.54) is 0 Å². The summed E-state index contributed by atoms with van der Waals surface area (Å²) in [6.45, 7) is 0. The van der Waals surface area contributed by atoms with Gasteiger partial charge in [-0.25, -0.2) is 10.6 Å². The quantitative estimate of drug-likeness (QED) is 0.377. The molecule has 0 bridgehead atoms. The molecule has 0 saturated carbocycles. The van der Waals surface area contributed by atoms with Gasteiger partial charge in [0.2, 0.25) is 0 Å². The maximum atomic E-state index is 8.50. The van der Waals surface area contributed by atoms with Crippen LogP contribution in [0.25, 0.3) is 0 Å². The van der Waals surface area contributed by atoms with Gasteiger partial charge in [0, 0.05) is 0 Å². The zero-order valence-corrected chi connectivity index (χ0v) is 9.65. The van der Waals surface area contributed by atoms with E-state index in [9.17, 15) is 0 Å². The molecule has 0 rings (SSSR count). The SMILES string of the molecule is F.F.F.F.OF.OF.[H-].[Na+].[O]=[Zr]. The van der Waals surface area contributed by atoms with Gasteiger partial charge in [-0.2, -0.15) is 0 Å². The van der Waals surface area contributed by atoms with E-state index in [2.05, 4.69) is 0 Å². The van der Waals surface area contributed by atoms with E-state index in [4.69, 9.17) is 22.5 Å². The minimum atomic E-state index is 0. The Morgan fingerprint density at radius 2 is 0.818 bits per heavy atom. The molecule has 11 heteroatoms. The van der Waals surface area contributed by atoms with Gasteiger partial charge >= 0.3 is 57.1 Å². The molecule has 0 radical (unpaired) electrons. The zero-order valence-electron chi connectivity index (χ0n) is 6.19. The Labute approximate surface area is 96.5 Å². The number of halogens is 6. The van der Waals surface area contributed by atoms with E-state index < -0.39 is 0 Å². The molecule has 0 aliphatic rings. The fourth-order valence-electron chi connectivity index (χ4n) is 0. The van der Waals surface area contributed by atoms with Gasteiger partial charge in [0.1, 0.15) is 0 Å². The van der Waals surface area contributed by atoms with Crippen LogP contribution in [0.2, 0.25) is 0 Å². The Morgan fingerprint density at radius 1 is 0.818 bits per heavy atom. The van der Waals surface area contributed by atoms with E-state index in [1.807, 2.05) is 0 Å². The normalized spacial score (nSPS) is 1.36. The minimum absolute atomic E-state index is 0. The fraction of sp³-hybridized carbons (Fsp3) is 0. The Morgan fingerprint density at radius 3 is 0.818 bits per heavy atom. The van der Waals surface area contributed by atoms with Crippen LogP contribution in [0.5, 0.6) is 0 Å². The monoisotopic (exact) mass is 282 g/mol. The van der Waals surface area contributed by atoms with Crippen LogP contribution in [0.1, 0.15) is 1.43 Å². The van der Waals surface area contributed by atoms with Crippen LogP contribution in [0.15, 0.2) is 0 Å². The van der Waals surface area contributed by atoms with Gasteiger partial charge in [-0.05, 0) is 0 Å². The third-order valence-corrected chi connectivity index (χ3v) is 0. The summed E-state index contributed by atoms with van der Waals surface area (Å²) in [7, 11) is 0. The molecule has 0 unspecified atom stereocenters. The van der Waals surface area contributed by atoms with Gasteiger partial charge in [0.25, 0.3) is 0 Å². The van der Waals surface area contributed by atoms with Crippen LogP contribution in [0.4, 0.5) is 27.9 Å². The van der Waals surface area contributed by atoms with E-state index in [1.54, 1.807) is 0 Å². The van der Waals surface area contributed by atoms with Crippen LogP contribution >= 0.6 is 0 Å². The molecule has 0 aromatic carbocycles. The Bertz CT molecular complexity index is 22.8. The maximum absolute atomic E-state index is 8.50. The molecular weight excluding hydrogens is 276 g/mol. The molecule has 0 heterocycles. The van der Waals surface area contributed by atoms with E-state index >= 15 is 0 Å². The van der Waals surface area contributed by atoms with Crippen molar-refractivity contribution in [3.8, 4) is 0 Å². The predicted octanol–water partition coefficient (Wildman–Crippen LogP) is -2.67. The molecule has 0 saturated heterocycles. The molecule has 0 fully saturated rings. The molecule has 0 aliphatic heterocycles. The summed E-state index contributed by atoms with van der Waals surface area (Å²) in [5, 5.41) is 11.0. The average Bonchev–Trinajstić information content (AvgIpc) is 1.81. The van der Waals surface area contributed by atoms with E-state index in [0.29, 0.717) is 24.7 Å². The Kier molecular flexibility index (Phi) is 6560. The second kappa shape index (κ2) is 828. The molecule has 0 aromatic heterocycles. The van der Waals surface area contributed by atoms with Crippen LogP contribution in [-0.2, 0) is 27.5 Å². The first-order chi connectivity index (χ1) is 3.00. The molecule has 0 aliphatic carbocycles. The van der Waals surface area contributed by atoms with Crippen LogP contribution in [0.3, 0.4) is 0 Å². The summed E-state index contributed by atoms with van der Waals surface area (Å²) in [4.78, 5) is 0. The Balaban J connectivity index is -0.00000000129. The van der Waals surface area contributed by atoms with Crippen molar-refractivity contribution in [1.82, 2.24) is 0 Å². The van der Waals surface area contributed by atoms with Crippen LogP contribution in [-0.4, -0.2) is 10.6 Å². The van der Waals surface area contributed by atoms with Crippen molar-refractivity contribution >= 4 is 0 Å². The van der Waals surface area contributed by atoms with E-state index in [-0.39, 0.29) is 49.8 Å². The third kappa shape index (κ3) is 674. The summed E-state index contributed by atoms with van der Waals surface area (Å²) >= 11 is 0.300. The van der Waals surface area contributed by atoms with Gasteiger partial charge in [-0.15, -0.1) is 0 Å². The van der Waals surface area contributed by atoms with Gasteiger partial charge in [-0.1, -0.05) is 9.05 Å². The van der Waals surface area contributed by atoms with Crippen molar-refractivity contribution in [2.24, 2.45) is 0 Å². The van der Waals surface area contributed by atoms with Crippen molar-refractivity contribution in [3.63, 3.8) is 0 Å². The predicted molar refractivity (Wildman–Crippen MR) is 18.5 cm³/mol. The number of hydrogen-bond donors (Lipinski definition) is 2. The summed E-state index contributed by atoms with van der Waals surface area (Å²) in [5.74, 6) is 0. The van der Waals surface area contributed by atoms with Gasteiger partial charge in [-0.3, -0.25) is 18.8 Å². The first-order valence-corrected chi connectivity index (χ1v) is 1.55. The first-order valence-electron chi connectivity index (χ1n) is 0.542. The summed E-state index contributed by atoms with van der Waals surface area (Å²) in [5.41, 5.74) is 0. The van der Waals surface area contributed by atoms with Crippen molar-refractivity contribution < 1.29 is 97.0 Å². The molecule has 0 aromatic rings. The second-order valence-electron chi connectivity index (χ2n) is 0. The van der Waals surface area contributed by atoms with Crippen molar-refractivity contribution in [1.29, 1.82) is 0 Å². The molecule has 0 spiro atoms. The summed E-state index contributed by atoms with van der Waals surface area (Å²) in [6.07, 6.45) is 0. The van der Waals surface area contributed by atoms with Gasteiger partial charge < -0.3 is 1.43 Å². The molecule has 3 nitrogen and oxygen atoms in total. The average molecular weight is 283 g/mol. The molecule has 2 N–H and O–H groups in total. The molecule has 0 atom stereocenters. The van der Waals surface area contributed by atoms with Crippen molar-refractivity contribution in [3.05, 3.63) is 0 Å². The summed E-state index contributed by atoms with van der Waals surface area (Å²) in [6, 6.07) is 0. The van der Waals surface area contributed by atoms with Crippen molar-refractivity contribution in [2.75, 3.05) is 0 Å². The summed E-state index contributed by atoms with van der Waals surface area (Å²) < 4.78 is 25.3. The van der Waals surface area contributed by atoms with Gasteiger partial charge in [0.05, 0.1) is 0 Å². The van der Waals surface area contributed by atoms with E-state index in [0.717, 1.165) is 0 Å². The van der Waals surface area contributed by atoms with Gasteiger partial charge in [0.15, 0.2) is 0 Å². The zero-order chi connectivity index (χ0) is 6.00. The standard InChI is InChI=1S/2FHO.4FH.Na.O.Zr.H/c2*1-2;;;;;;;;/h2*2H;4*1H;;;;/q;;;;;;+1;;;-1. The van der Waals surface area contributed by atoms with Crippen LogP contribution < -0.4 is 29.6 Å². The molecule has 11 heavy (non-hydrogen) atoms. The first kappa shape index (κ1) is 87.1. The molecule has 0 amide bonds. The fourth-order valence-corrected chi connectivity index (χ4v) is 0. The third-order valence-electron chi connectivity index (χ3n) is 0. The second-order valence-corrected chi connectivity index (χ2v) is 0. The number of hydrogen-bond acceptors (Lipinski definition) is 3.